The molecule has 0 saturated carbocycles. The molecule has 1 rings (SSSR count). The number of ether oxygens (including phenoxy) is 1. The second-order valence-corrected chi connectivity index (χ2v) is 3.47. The van der Waals surface area contributed by atoms with Crippen LogP contribution in [-0.4, -0.2) is 11.3 Å². The zero-order valence-corrected chi connectivity index (χ0v) is 8.74. The lowest BCUT2D eigenvalue weighted by molar-refractivity contribution is -0.277. The van der Waals surface area contributed by atoms with Crippen molar-refractivity contribution in [2.75, 3.05) is 0 Å². The molecule has 2 nitrogen and oxygen atoms in total. The van der Waals surface area contributed by atoms with Crippen molar-refractivity contribution in [3.05, 3.63) is 22.3 Å². The lowest BCUT2D eigenvalue weighted by atomic mass is 10.2. The molecule has 0 radical (unpaired) electrons. The van der Waals surface area contributed by atoms with Gasteiger partial charge in [-0.1, -0.05) is 0 Å². The van der Waals surface area contributed by atoms with Crippen LogP contribution >= 0.6 is 15.9 Å². The summed E-state index contributed by atoms with van der Waals surface area (Å²) < 4.78 is 75.3. The third kappa shape index (κ3) is 3.54. The van der Waals surface area contributed by atoms with Crippen LogP contribution in [-0.2, 0) is 6.18 Å². The Bertz CT molecular complexity index is 387. The first-order valence-electron chi connectivity index (χ1n) is 3.58. The van der Waals surface area contributed by atoms with Crippen molar-refractivity contribution in [2.45, 2.75) is 12.5 Å². The molecule has 0 unspecified atom stereocenters. The van der Waals surface area contributed by atoms with E-state index >= 15 is 0 Å². The van der Waals surface area contributed by atoms with Crippen molar-refractivity contribution in [3.8, 4) is 5.88 Å². The van der Waals surface area contributed by atoms with E-state index in [4.69, 9.17) is 0 Å². The Morgan fingerprint density at radius 2 is 1.69 bits per heavy atom. The minimum absolute atomic E-state index is 0.102. The van der Waals surface area contributed by atoms with Crippen LogP contribution in [0.2, 0.25) is 0 Å². The Morgan fingerprint density at radius 3 is 2.12 bits per heavy atom. The third-order valence-corrected chi connectivity index (χ3v) is 1.77. The minimum Gasteiger partial charge on any atom is -0.387 e. The van der Waals surface area contributed by atoms with Gasteiger partial charge in [-0.3, -0.25) is 0 Å². The monoisotopic (exact) mass is 309 g/mol. The molecule has 0 bridgehead atoms. The number of pyridine rings is 1. The summed E-state index contributed by atoms with van der Waals surface area (Å²) in [5, 5.41) is 0. The van der Waals surface area contributed by atoms with Crippen LogP contribution in [0.15, 0.2) is 16.7 Å². The maximum Gasteiger partial charge on any atom is 0.574 e. The average molecular weight is 310 g/mol. The molecular weight excluding hydrogens is 308 g/mol. The van der Waals surface area contributed by atoms with Crippen LogP contribution in [0.1, 0.15) is 5.56 Å². The minimum atomic E-state index is -5.22. The van der Waals surface area contributed by atoms with E-state index in [1.807, 2.05) is 0 Å². The highest BCUT2D eigenvalue weighted by Crippen LogP contribution is 2.38. The van der Waals surface area contributed by atoms with Crippen molar-refractivity contribution in [2.24, 2.45) is 0 Å². The van der Waals surface area contributed by atoms with Crippen LogP contribution in [0.4, 0.5) is 26.3 Å². The fraction of sp³-hybridized carbons (Fsp3) is 0.286. The van der Waals surface area contributed by atoms with E-state index < -0.39 is 24.0 Å². The van der Waals surface area contributed by atoms with Gasteiger partial charge in [-0.05, 0) is 22.0 Å². The molecule has 0 aromatic carbocycles. The number of hydrogen-bond donors (Lipinski definition) is 0. The Labute approximate surface area is 93.4 Å². The van der Waals surface area contributed by atoms with Gasteiger partial charge in [0, 0.05) is 10.7 Å². The van der Waals surface area contributed by atoms with E-state index in [9.17, 15) is 26.3 Å². The Balaban J connectivity index is 3.19. The van der Waals surface area contributed by atoms with E-state index in [0.717, 1.165) is 6.20 Å². The second-order valence-electron chi connectivity index (χ2n) is 2.55. The number of aromatic nitrogens is 1. The second kappa shape index (κ2) is 4.11. The number of alkyl halides is 6. The molecule has 90 valence electrons. The highest BCUT2D eigenvalue weighted by atomic mass is 79.9. The van der Waals surface area contributed by atoms with E-state index in [-0.39, 0.29) is 4.47 Å². The Morgan fingerprint density at radius 1 is 1.12 bits per heavy atom. The van der Waals surface area contributed by atoms with Gasteiger partial charge < -0.3 is 4.74 Å². The Hall–Kier alpha value is -0.990. The van der Waals surface area contributed by atoms with Crippen LogP contribution < -0.4 is 4.74 Å². The molecule has 0 N–H and O–H groups in total. The third-order valence-electron chi connectivity index (χ3n) is 1.34. The van der Waals surface area contributed by atoms with Gasteiger partial charge in [-0.15, -0.1) is 13.2 Å². The normalized spacial score (nSPS) is 12.7. The largest absolute Gasteiger partial charge is 0.574 e. The topological polar surface area (TPSA) is 22.1 Å². The molecule has 0 aliphatic carbocycles. The number of hydrogen-bond acceptors (Lipinski definition) is 2. The summed E-state index contributed by atoms with van der Waals surface area (Å²) in [5.41, 5.74) is -1.60. The van der Waals surface area contributed by atoms with Gasteiger partial charge >= 0.3 is 12.5 Å². The molecule has 0 saturated heterocycles. The lowest BCUT2D eigenvalue weighted by Crippen LogP contribution is -2.21. The maximum atomic E-state index is 12.3. The Kier molecular flexibility index (Phi) is 3.36. The zero-order valence-electron chi connectivity index (χ0n) is 7.16. The van der Waals surface area contributed by atoms with Crippen LogP contribution in [0, 0.1) is 0 Å². The van der Waals surface area contributed by atoms with Gasteiger partial charge in [0.25, 0.3) is 0 Å². The van der Waals surface area contributed by atoms with Crippen LogP contribution in [0.5, 0.6) is 5.88 Å². The summed E-state index contributed by atoms with van der Waals surface area (Å²) in [6.45, 7) is 0. The first-order chi connectivity index (χ1) is 7.09. The SMILES string of the molecule is FC(F)(F)Oc1ncc(Br)cc1C(F)(F)F. The maximum absolute atomic E-state index is 12.3. The standard InChI is InChI=1S/C7H2BrF6NO/c8-3-1-4(6(9,10)11)5(15-2-3)16-7(12,13)14/h1-2H. The average Bonchev–Trinajstić information content (AvgIpc) is 2.04. The molecule has 1 aromatic rings. The summed E-state index contributed by atoms with van der Waals surface area (Å²) in [5.74, 6) is -1.52. The summed E-state index contributed by atoms with van der Waals surface area (Å²) in [7, 11) is 0. The molecule has 16 heavy (non-hydrogen) atoms. The molecule has 1 heterocycles. The van der Waals surface area contributed by atoms with E-state index in [2.05, 4.69) is 25.7 Å². The number of rotatable bonds is 1. The first-order valence-corrected chi connectivity index (χ1v) is 4.37. The van der Waals surface area contributed by atoms with Gasteiger partial charge in [-0.25, -0.2) is 4.98 Å². The fourth-order valence-electron chi connectivity index (χ4n) is 0.821. The summed E-state index contributed by atoms with van der Waals surface area (Å²) in [6, 6.07) is 0.452. The molecule has 9 heteroatoms. The molecule has 0 amide bonds. The van der Waals surface area contributed by atoms with Gasteiger partial charge in [-0.2, -0.15) is 13.2 Å². The van der Waals surface area contributed by atoms with Crippen molar-refractivity contribution in [3.63, 3.8) is 0 Å². The molecular formula is C7H2BrF6NO. The zero-order chi connectivity index (χ0) is 12.6. The number of nitrogens with zero attached hydrogens (tertiary/aromatic N) is 1. The summed E-state index contributed by atoms with van der Waals surface area (Å²) >= 11 is 2.67. The van der Waals surface area contributed by atoms with Crippen LogP contribution in [0.3, 0.4) is 0 Å². The quantitative estimate of drug-likeness (QED) is 0.737. The molecule has 0 spiro atoms. The molecule has 1 aromatic heterocycles. The van der Waals surface area contributed by atoms with Gasteiger partial charge in [0.1, 0.15) is 5.56 Å². The van der Waals surface area contributed by atoms with Gasteiger partial charge in [0.2, 0.25) is 5.88 Å². The van der Waals surface area contributed by atoms with Crippen molar-refractivity contribution >= 4 is 15.9 Å². The molecule has 0 atom stereocenters. The highest BCUT2D eigenvalue weighted by Gasteiger charge is 2.40. The fourth-order valence-corrected chi connectivity index (χ4v) is 1.15. The molecule has 0 fully saturated rings. The molecule has 0 aliphatic rings. The van der Waals surface area contributed by atoms with E-state index in [0.29, 0.717) is 6.07 Å². The van der Waals surface area contributed by atoms with Gasteiger partial charge in [0.05, 0.1) is 0 Å². The lowest BCUT2D eigenvalue weighted by Gasteiger charge is -2.14. The first kappa shape index (κ1) is 13.1. The molecule has 0 aliphatic heterocycles. The summed E-state index contributed by atoms with van der Waals surface area (Å²) in [6.07, 6.45) is -9.42. The number of halogens is 7. The highest BCUT2D eigenvalue weighted by molar-refractivity contribution is 9.10. The van der Waals surface area contributed by atoms with E-state index in [1.54, 1.807) is 0 Å². The van der Waals surface area contributed by atoms with Crippen molar-refractivity contribution < 1.29 is 31.1 Å². The predicted octanol–water partition coefficient (Wildman–Crippen LogP) is 3.76. The smallest absolute Gasteiger partial charge is 0.387 e. The van der Waals surface area contributed by atoms with Crippen molar-refractivity contribution in [1.29, 1.82) is 0 Å². The van der Waals surface area contributed by atoms with Gasteiger partial charge in [0.15, 0.2) is 0 Å². The van der Waals surface area contributed by atoms with Crippen LogP contribution in [0.25, 0.3) is 0 Å². The van der Waals surface area contributed by atoms with E-state index in [1.165, 1.54) is 0 Å². The van der Waals surface area contributed by atoms with Crippen molar-refractivity contribution in [1.82, 2.24) is 4.98 Å². The summed E-state index contributed by atoms with van der Waals surface area (Å²) in [4.78, 5) is 2.92. The predicted molar refractivity (Wildman–Crippen MR) is 43.6 cm³/mol.